The zero-order valence-corrected chi connectivity index (χ0v) is 13.3. The predicted molar refractivity (Wildman–Crippen MR) is 87.6 cm³/mol. The molecular weight excluding hydrogens is 262 g/mol. The molecule has 0 aliphatic carbocycles. The molecule has 0 atom stereocenters. The summed E-state index contributed by atoms with van der Waals surface area (Å²) < 4.78 is 5.78. The van der Waals surface area contributed by atoms with Gasteiger partial charge in [0.05, 0.1) is 6.61 Å². The first-order chi connectivity index (χ1) is 10.3. The van der Waals surface area contributed by atoms with Crippen LogP contribution >= 0.6 is 0 Å². The van der Waals surface area contributed by atoms with Crippen LogP contribution in [0, 0.1) is 0 Å². The second-order valence-electron chi connectivity index (χ2n) is 5.73. The van der Waals surface area contributed by atoms with Crippen LogP contribution in [0.2, 0.25) is 0 Å². The van der Waals surface area contributed by atoms with Gasteiger partial charge < -0.3 is 20.3 Å². The number of nitrogens with two attached hydrogens (primary N) is 1. The number of hydrogen-bond donors (Lipinski definition) is 1. The van der Waals surface area contributed by atoms with Gasteiger partial charge in [-0.05, 0) is 37.1 Å². The van der Waals surface area contributed by atoms with Crippen molar-refractivity contribution >= 4 is 0 Å². The lowest BCUT2D eigenvalue weighted by atomic mass is 10.2. The predicted octanol–water partition coefficient (Wildman–Crippen LogP) is 1.94. The van der Waals surface area contributed by atoms with Gasteiger partial charge in [0.1, 0.15) is 5.75 Å². The molecule has 2 N–H and O–H groups in total. The highest BCUT2D eigenvalue weighted by atomic mass is 16.5. The van der Waals surface area contributed by atoms with E-state index in [9.17, 15) is 0 Å². The normalized spacial score (nSPS) is 17.0. The third kappa shape index (κ3) is 5.65. The number of nitrogens with zero attached hydrogens (tertiary/aromatic N) is 2. The lowest BCUT2D eigenvalue weighted by Crippen LogP contribution is -2.46. The van der Waals surface area contributed by atoms with Crippen LogP contribution in [0.3, 0.4) is 0 Å². The molecule has 1 aromatic rings. The summed E-state index contributed by atoms with van der Waals surface area (Å²) in [6, 6.07) is 8.07. The van der Waals surface area contributed by atoms with E-state index in [2.05, 4.69) is 16.7 Å². The van der Waals surface area contributed by atoms with Crippen LogP contribution < -0.4 is 10.5 Å². The first-order valence-corrected chi connectivity index (χ1v) is 8.18. The average molecular weight is 291 g/mol. The van der Waals surface area contributed by atoms with Gasteiger partial charge in [0, 0.05) is 39.3 Å². The molecule has 1 saturated heterocycles. The van der Waals surface area contributed by atoms with Crippen molar-refractivity contribution in [3.63, 3.8) is 0 Å². The van der Waals surface area contributed by atoms with Crippen molar-refractivity contribution in [2.75, 3.05) is 45.9 Å². The number of rotatable bonds is 8. The van der Waals surface area contributed by atoms with E-state index in [4.69, 9.17) is 10.5 Å². The molecule has 1 aliphatic heterocycles. The van der Waals surface area contributed by atoms with Crippen LogP contribution in [0.15, 0.2) is 24.3 Å². The Morgan fingerprint density at radius 3 is 2.19 bits per heavy atom. The summed E-state index contributed by atoms with van der Waals surface area (Å²) in [5, 5.41) is 0. The Morgan fingerprint density at radius 2 is 1.62 bits per heavy atom. The van der Waals surface area contributed by atoms with E-state index in [0.29, 0.717) is 6.54 Å². The summed E-state index contributed by atoms with van der Waals surface area (Å²) >= 11 is 0. The monoisotopic (exact) mass is 291 g/mol. The summed E-state index contributed by atoms with van der Waals surface area (Å²) in [5.41, 5.74) is 6.73. The van der Waals surface area contributed by atoms with Crippen LogP contribution in [-0.4, -0.2) is 55.7 Å². The minimum absolute atomic E-state index is 0.588. The first-order valence-electron chi connectivity index (χ1n) is 8.18. The van der Waals surface area contributed by atoms with Crippen molar-refractivity contribution in [3.8, 4) is 5.75 Å². The van der Waals surface area contributed by atoms with Crippen molar-refractivity contribution in [1.82, 2.24) is 9.80 Å². The van der Waals surface area contributed by atoms with Gasteiger partial charge in [-0.3, -0.25) is 0 Å². The topological polar surface area (TPSA) is 41.7 Å². The molecule has 0 saturated carbocycles. The molecule has 1 heterocycles. The maximum Gasteiger partial charge on any atom is 0.119 e. The fraction of sp³-hybridized carbons (Fsp3) is 0.647. The Hall–Kier alpha value is -1.10. The van der Waals surface area contributed by atoms with E-state index < -0.39 is 0 Å². The van der Waals surface area contributed by atoms with Gasteiger partial charge in [-0.15, -0.1) is 0 Å². The second kappa shape index (κ2) is 9.03. The Kier molecular flexibility index (Phi) is 7.00. The maximum atomic E-state index is 5.78. The highest BCUT2D eigenvalue weighted by molar-refractivity contribution is 5.26. The van der Waals surface area contributed by atoms with Crippen LogP contribution in [0.5, 0.6) is 5.75 Å². The summed E-state index contributed by atoms with van der Waals surface area (Å²) in [7, 11) is 0. The van der Waals surface area contributed by atoms with Crippen LogP contribution in [0.1, 0.15) is 25.3 Å². The number of benzene rings is 1. The number of hydrogen-bond acceptors (Lipinski definition) is 4. The fourth-order valence-corrected chi connectivity index (χ4v) is 2.75. The number of piperazine rings is 1. The lowest BCUT2D eigenvalue weighted by molar-refractivity contribution is 0.126. The Bertz CT molecular complexity index is 386. The summed E-state index contributed by atoms with van der Waals surface area (Å²) in [4.78, 5) is 5.11. The maximum absolute atomic E-state index is 5.78. The smallest absolute Gasteiger partial charge is 0.119 e. The zero-order chi connectivity index (χ0) is 14.9. The van der Waals surface area contributed by atoms with Gasteiger partial charge in [-0.1, -0.05) is 19.1 Å². The molecule has 0 unspecified atom stereocenters. The van der Waals surface area contributed by atoms with Crippen molar-refractivity contribution in [1.29, 1.82) is 0 Å². The molecule has 1 aromatic carbocycles. The van der Waals surface area contributed by atoms with E-state index in [1.807, 2.05) is 24.3 Å². The summed E-state index contributed by atoms with van der Waals surface area (Å²) in [5.74, 6) is 0.944. The standard InChI is InChI=1S/C17H29N3O/c1-2-8-19-10-12-20(13-11-19)9-3-14-21-17-6-4-16(15-18)5-7-17/h4-7H,2-3,8-15,18H2,1H3. The number of ether oxygens (including phenoxy) is 1. The molecule has 0 bridgehead atoms. The molecule has 0 spiro atoms. The van der Waals surface area contributed by atoms with E-state index in [1.54, 1.807) is 0 Å². The lowest BCUT2D eigenvalue weighted by Gasteiger charge is -2.34. The second-order valence-corrected chi connectivity index (χ2v) is 5.73. The molecule has 0 aromatic heterocycles. The third-order valence-corrected chi connectivity index (χ3v) is 4.05. The molecular formula is C17H29N3O. The Balaban J connectivity index is 1.57. The fourth-order valence-electron chi connectivity index (χ4n) is 2.75. The highest BCUT2D eigenvalue weighted by Gasteiger charge is 2.15. The Morgan fingerprint density at radius 1 is 1.00 bits per heavy atom. The minimum atomic E-state index is 0.588. The quantitative estimate of drug-likeness (QED) is 0.743. The SMILES string of the molecule is CCCN1CCN(CCCOc2ccc(CN)cc2)CC1. The van der Waals surface area contributed by atoms with Gasteiger partial charge in [0.2, 0.25) is 0 Å². The average Bonchev–Trinajstić information content (AvgIpc) is 2.54. The highest BCUT2D eigenvalue weighted by Crippen LogP contribution is 2.12. The van der Waals surface area contributed by atoms with E-state index in [1.165, 1.54) is 39.1 Å². The van der Waals surface area contributed by atoms with E-state index in [0.717, 1.165) is 30.9 Å². The summed E-state index contributed by atoms with van der Waals surface area (Å²) in [6.07, 6.45) is 2.35. The van der Waals surface area contributed by atoms with Crippen LogP contribution in [-0.2, 0) is 6.54 Å². The largest absolute Gasteiger partial charge is 0.494 e. The molecule has 21 heavy (non-hydrogen) atoms. The van der Waals surface area contributed by atoms with Gasteiger partial charge in [-0.2, -0.15) is 0 Å². The minimum Gasteiger partial charge on any atom is -0.494 e. The molecule has 4 nitrogen and oxygen atoms in total. The van der Waals surface area contributed by atoms with Crippen molar-refractivity contribution in [2.45, 2.75) is 26.3 Å². The first kappa shape index (κ1) is 16.3. The molecule has 0 radical (unpaired) electrons. The molecule has 0 amide bonds. The van der Waals surface area contributed by atoms with Gasteiger partial charge >= 0.3 is 0 Å². The molecule has 1 fully saturated rings. The molecule has 1 aliphatic rings. The van der Waals surface area contributed by atoms with Gasteiger partial charge in [0.15, 0.2) is 0 Å². The Labute approximate surface area is 128 Å². The zero-order valence-electron chi connectivity index (χ0n) is 13.3. The molecule has 2 rings (SSSR count). The van der Waals surface area contributed by atoms with Gasteiger partial charge in [0.25, 0.3) is 0 Å². The third-order valence-electron chi connectivity index (χ3n) is 4.05. The van der Waals surface area contributed by atoms with Gasteiger partial charge in [-0.25, -0.2) is 0 Å². The molecule has 118 valence electrons. The van der Waals surface area contributed by atoms with Crippen molar-refractivity contribution in [2.24, 2.45) is 5.73 Å². The summed E-state index contributed by atoms with van der Waals surface area (Å²) in [6.45, 7) is 10.8. The van der Waals surface area contributed by atoms with Crippen molar-refractivity contribution in [3.05, 3.63) is 29.8 Å². The van der Waals surface area contributed by atoms with E-state index >= 15 is 0 Å². The van der Waals surface area contributed by atoms with Crippen LogP contribution in [0.4, 0.5) is 0 Å². The van der Waals surface area contributed by atoms with Crippen molar-refractivity contribution < 1.29 is 4.74 Å². The molecule has 4 heteroatoms. The van der Waals surface area contributed by atoms with E-state index in [-0.39, 0.29) is 0 Å². The van der Waals surface area contributed by atoms with Crippen LogP contribution in [0.25, 0.3) is 0 Å².